The Hall–Kier alpha value is -0.0400. The number of rotatable bonds is 1. The largest absolute Gasteiger partial charge is 0.328 e. The van der Waals surface area contributed by atoms with E-state index in [-0.39, 0.29) is 0 Å². The number of hydrogen-bond acceptors (Lipinski definition) is 1. The van der Waals surface area contributed by atoms with E-state index in [0.29, 0.717) is 6.04 Å². The summed E-state index contributed by atoms with van der Waals surface area (Å²) in [6.45, 7) is 2.30. The zero-order valence-corrected chi connectivity index (χ0v) is 6.77. The summed E-state index contributed by atoms with van der Waals surface area (Å²) in [6.07, 6.45) is 7.00. The lowest BCUT2D eigenvalue weighted by Gasteiger charge is -2.57. The van der Waals surface area contributed by atoms with Crippen molar-refractivity contribution in [3.05, 3.63) is 0 Å². The maximum Gasteiger partial charge on any atom is 0.00494 e. The zero-order chi connectivity index (χ0) is 7.19. The SMILES string of the molecule is CCC1CC2(CC(N)C2)C1. The minimum atomic E-state index is 0.554. The molecule has 0 bridgehead atoms. The molecule has 1 heteroatoms. The second-order valence-corrected chi connectivity index (χ2v) is 4.35. The minimum Gasteiger partial charge on any atom is -0.328 e. The predicted octanol–water partition coefficient (Wildman–Crippen LogP) is 1.91. The van der Waals surface area contributed by atoms with Crippen LogP contribution in [-0.2, 0) is 0 Å². The Morgan fingerprint density at radius 3 is 2.30 bits per heavy atom. The highest BCUT2D eigenvalue weighted by atomic mass is 14.7. The van der Waals surface area contributed by atoms with Crippen molar-refractivity contribution in [2.75, 3.05) is 0 Å². The molecule has 0 aromatic carbocycles. The van der Waals surface area contributed by atoms with E-state index in [1.165, 1.54) is 32.1 Å². The van der Waals surface area contributed by atoms with E-state index in [1.54, 1.807) is 0 Å². The lowest BCUT2D eigenvalue weighted by molar-refractivity contribution is -0.0399. The maximum atomic E-state index is 5.75. The molecule has 0 atom stereocenters. The van der Waals surface area contributed by atoms with E-state index in [4.69, 9.17) is 5.73 Å². The fourth-order valence-corrected chi connectivity index (χ4v) is 2.84. The summed E-state index contributed by atoms with van der Waals surface area (Å²) >= 11 is 0. The highest BCUT2D eigenvalue weighted by Crippen LogP contribution is 2.58. The summed E-state index contributed by atoms with van der Waals surface area (Å²) in [5.74, 6) is 1.05. The first-order chi connectivity index (χ1) is 4.74. The molecule has 0 aromatic heterocycles. The Balaban J connectivity index is 1.80. The van der Waals surface area contributed by atoms with Gasteiger partial charge in [0.05, 0.1) is 0 Å². The van der Waals surface area contributed by atoms with Crippen molar-refractivity contribution in [2.24, 2.45) is 17.1 Å². The Kier molecular flexibility index (Phi) is 1.31. The van der Waals surface area contributed by atoms with Crippen molar-refractivity contribution in [1.29, 1.82) is 0 Å². The third-order valence-corrected chi connectivity index (χ3v) is 3.41. The van der Waals surface area contributed by atoms with Crippen LogP contribution in [0.2, 0.25) is 0 Å². The quantitative estimate of drug-likeness (QED) is 0.590. The van der Waals surface area contributed by atoms with Gasteiger partial charge in [-0.05, 0) is 37.0 Å². The van der Waals surface area contributed by atoms with Crippen LogP contribution in [0.5, 0.6) is 0 Å². The van der Waals surface area contributed by atoms with Gasteiger partial charge in [-0.2, -0.15) is 0 Å². The molecule has 0 radical (unpaired) electrons. The van der Waals surface area contributed by atoms with E-state index >= 15 is 0 Å². The lowest BCUT2D eigenvalue weighted by Crippen LogP contribution is -2.53. The van der Waals surface area contributed by atoms with Gasteiger partial charge in [-0.25, -0.2) is 0 Å². The van der Waals surface area contributed by atoms with Crippen LogP contribution in [0.25, 0.3) is 0 Å². The van der Waals surface area contributed by atoms with Gasteiger partial charge in [-0.3, -0.25) is 0 Å². The second-order valence-electron chi connectivity index (χ2n) is 4.35. The molecule has 0 saturated heterocycles. The lowest BCUT2D eigenvalue weighted by atomic mass is 9.50. The molecule has 1 spiro atoms. The molecule has 2 aliphatic carbocycles. The number of hydrogen-bond donors (Lipinski definition) is 1. The van der Waals surface area contributed by atoms with Gasteiger partial charge in [0.2, 0.25) is 0 Å². The third-order valence-electron chi connectivity index (χ3n) is 3.41. The van der Waals surface area contributed by atoms with Crippen LogP contribution in [-0.4, -0.2) is 6.04 Å². The smallest absolute Gasteiger partial charge is 0.00494 e. The molecule has 2 rings (SSSR count). The maximum absolute atomic E-state index is 5.75. The molecule has 10 heavy (non-hydrogen) atoms. The van der Waals surface area contributed by atoms with Crippen molar-refractivity contribution in [3.63, 3.8) is 0 Å². The van der Waals surface area contributed by atoms with E-state index in [2.05, 4.69) is 6.92 Å². The summed E-state index contributed by atoms with van der Waals surface area (Å²) in [4.78, 5) is 0. The van der Waals surface area contributed by atoms with Crippen LogP contribution in [0.4, 0.5) is 0 Å². The molecule has 0 heterocycles. The summed E-state index contributed by atoms with van der Waals surface area (Å²) in [6, 6.07) is 0.554. The normalized spacial score (nSPS) is 52.2. The summed E-state index contributed by atoms with van der Waals surface area (Å²) in [5, 5.41) is 0. The first-order valence-electron chi connectivity index (χ1n) is 4.50. The van der Waals surface area contributed by atoms with Gasteiger partial charge >= 0.3 is 0 Å². The highest BCUT2D eigenvalue weighted by molar-refractivity contribution is 5.04. The van der Waals surface area contributed by atoms with Crippen LogP contribution in [0.15, 0.2) is 0 Å². The van der Waals surface area contributed by atoms with Crippen molar-refractivity contribution in [2.45, 2.75) is 45.1 Å². The first-order valence-corrected chi connectivity index (χ1v) is 4.50. The Bertz CT molecular complexity index is 128. The molecule has 2 N–H and O–H groups in total. The van der Waals surface area contributed by atoms with Crippen LogP contribution < -0.4 is 5.73 Å². The van der Waals surface area contributed by atoms with Gasteiger partial charge in [-0.1, -0.05) is 13.3 Å². The molecule has 0 aliphatic heterocycles. The highest BCUT2D eigenvalue weighted by Gasteiger charge is 2.50. The minimum absolute atomic E-state index is 0.554. The van der Waals surface area contributed by atoms with Crippen molar-refractivity contribution >= 4 is 0 Å². The van der Waals surface area contributed by atoms with Crippen LogP contribution >= 0.6 is 0 Å². The van der Waals surface area contributed by atoms with E-state index in [1.807, 2.05) is 0 Å². The fraction of sp³-hybridized carbons (Fsp3) is 1.00. The van der Waals surface area contributed by atoms with Crippen molar-refractivity contribution in [3.8, 4) is 0 Å². The molecule has 0 amide bonds. The average molecular weight is 139 g/mol. The molecule has 2 fully saturated rings. The Morgan fingerprint density at radius 2 is 1.90 bits per heavy atom. The van der Waals surface area contributed by atoms with Crippen LogP contribution in [0, 0.1) is 11.3 Å². The standard InChI is InChI=1S/C9H17N/c1-2-7-3-9(4-7)5-8(10)6-9/h7-8H,2-6,10H2,1H3. The molecular weight excluding hydrogens is 122 g/mol. The van der Waals surface area contributed by atoms with Crippen LogP contribution in [0.1, 0.15) is 39.0 Å². The van der Waals surface area contributed by atoms with Crippen molar-refractivity contribution < 1.29 is 0 Å². The monoisotopic (exact) mass is 139 g/mol. The molecule has 0 unspecified atom stereocenters. The summed E-state index contributed by atoms with van der Waals surface area (Å²) < 4.78 is 0. The molecule has 0 aromatic rings. The van der Waals surface area contributed by atoms with E-state index in [9.17, 15) is 0 Å². The van der Waals surface area contributed by atoms with E-state index in [0.717, 1.165) is 11.3 Å². The van der Waals surface area contributed by atoms with Gasteiger partial charge in [0.15, 0.2) is 0 Å². The molecule has 2 saturated carbocycles. The van der Waals surface area contributed by atoms with Gasteiger partial charge in [0.25, 0.3) is 0 Å². The fourth-order valence-electron chi connectivity index (χ4n) is 2.84. The van der Waals surface area contributed by atoms with Gasteiger partial charge in [-0.15, -0.1) is 0 Å². The van der Waals surface area contributed by atoms with Gasteiger partial charge < -0.3 is 5.73 Å². The van der Waals surface area contributed by atoms with E-state index < -0.39 is 0 Å². The zero-order valence-electron chi connectivity index (χ0n) is 6.77. The second kappa shape index (κ2) is 1.97. The summed E-state index contributed by atoms with van der Waals surface area (Å²) in [7, 11) is 0. The molecule has 2 aliphatic rings. The molecule has 1 nitrogen and oxygen atoms in total. The number of nitrogens with two attached hydrogens (primary N) is 1. The average Bonchev–Trinajstić information content (AvgIpc) is 1.74. The van der Waals surface area contributed by atoms with Gasteiger partial charge in [0, 0.05) is 6.04 Å². The Labute approximate surface area is 63.0 Å². The van der Waals surface area contributed by atoms with Crippen LogP contribution in [0.3, 0.4) is 0 Å². The topological polar surface area (TPSA) is 26.0 Å². The molecule has 58 valence electrons. The third kappa shape index (κ3) is 0.800. The summed E-state index contributed by atoms with van der Waals surface area (Å²) in [5.41, 5.74) is 6.51. The first kappa shape index (κ1) is 6.66. The van der Waals surface area contributed by atoms with Gasteiger partial charge in [0.1, 0.15) is 0 Å². The molecular formula is C9H17N. The predicted molar refractivity (Wildman–Crippen MR) is 42.7 cm³/mol. The Morgan fingerprint density at radius 1 is 1.30 bits per heavy atom. The van der Waals surface area contributed by atoms with Crippen molar-refractivity contribution in [1.82, 2.24) is 0 Å².